The summed E-state index contributed by atoms with van der Waals surface area (Å²) in [4.78, 5) is 5.60. The number of thiazole rings is 1. The summed E-state index contributed by atoms with van der Waals surface area (Å²) in [6, 6.07) is 10.1. The van der Waals surface area contributed by atoms with Crippen molar-refractivity contribution < 1.29 is 5.11 Å². The number of benzene rings is 1. The summed E-state index contributed by atoms with van der Waals surface area (Å²) in [6.07, 6.45) is 2.00. The van der Waals surface area contributed by atoms with Crippen molar-refractivity contribution in [3.05, 3.63) is 40.9 Å². The van der Waals surface area contributed by atoms with Gasteiger partial charge in [-0.25, -0.2) is 4.98 Å². The second kappa shape index (κ2) is 5.23. The fourth-order valence-electron chi connectivity index (χ4n) is 1.64. The average molecular weight is 233 g/mol. The second-order valence-corrected chi connectivity index (χ2v) is 4.75. The first kappa shape index (κ1) is 11.3. The van der Waals surface area contributed by atoms with Crippen LogP contribution in [0.25, 0.3) is 10.6 Å². The van der Waals surface area contributed by atoms with E-state index < -0.39 is 0 Å². The molecule has 0 bridgehead atoms. The molecule has 0 unspecified atom stereocenters. The molecule has 1 aromatic heterocycles. The van der Waals surface area contributed by atoms with E-state index in [2.05, 4.69) is 24.0 Å². The van der Waals surface area contributed by atoms with Crippen molar-refractivity contribution in [3.8, 4) is 10.6 Å². The fourth-order valence-corrected chi connectivity index (χ4v) is 2.62. The molecule has 2 nitrogen and oxygen atoms in total. The van der Waals surface area contributed by atoms with Crippen LogP contribution in [0.15, 0.2) is 30.3 Å². The highest BCUT2D eigenvalue weighted by molar-refractivity contribution is 7.15. The fraction of sp³-hybridized carbons (Fsp3) is 0.308. The molecule has 0 radical (unpaired) electrons. The van der Waals surface area contributed by atoms with Crippen LogP contribution in [0, 0.1) is 0 Å². The smallest absolute Gasteiger partial charge is 0.123 e. The van der Waals surface area contributed by atoms with Crippen LogP contribution < -0.4 is 0 Å². The van der Waals surface area contributed by atoms with Gasteiger partial charge in [0.2, 0.25) is 0 Å². The number of rotatable bonds is 4. The van der Waals surface area contributed by atoms with Crippen LogP contribution in [-0.4, -0.2) is 10.1 Å². The van der Waals surface area contributed by atoms with E-state index in [1.165, 1.54) is 0 Å². The topological polar surface area (TPSA) is 33.1 Å². The van der Waals surface area contributed by atoms with E-state index in [1.54, 1.807) is 11.3 Å². The summed E-state index contributed by atoms with van der Waals surface area (Å²) < 4.78 is 0. The van der Waals surface area contributed by atoms with Crippen LogP contribution in [0.3, 0.4) is 0 Å². The molecule has 0 atom stereocenters. The number of hydrogen-bond acceptors (Lipinski definition) is 3. The maximum atomic E-state index is 9.28. The SMILES string of the molecule is CCCc1nc(-c2ccccc2)sc1CO. The third-order valence-corrected chi connectivity index (χ3v) is 3.56. The summed E-state index contributed by atoms with van der Waals surface area (Å²) in [7, 11) is 0. The minimum Gasteiger partial charge on any atom is -0.391 e. The summed E-state index contributed by atoms with van der Waals surface area (Å²) in [5.74, 6) is 0. The Kier molecular flexibility index (Phi) is 3.70. The summed E-state index contributed by atoms with van der Waals surface area (Å²) in [5, 5.41) is 10.3. The standard InChI is InChI=1S/C13H15NOS/c1-2-6-11-12(9-15)16-13(14-11)10-7-4-3-5-8-10/h3-5,7-8,15H,2,6,9H2,1H3. The molecular weight excluding hydrogens is 218 g/mol. The van der Waals surface area contributed by atoms with Crippen LogP contribution in [0.5, 0.6) is 0 Å². The first-order valence-electron chi connectivity index (χ1n) is 5.50. The molecule has 84 valence electrons. The van der Waals surface area contributed by atoms with Crippen molar-refractivity contribution in [2.24, 2.45) is 0 Å². The molecule has 0 spiro atoms. The first-order valence-corrected chi connectivity index (χ1v) is 6.31. The van der Waals surface area contributed by atoms with Crippen molar-refractivity contribution in [2.75, 3.05) is 0 Å². The van der Waals surface area contributed by atoms with Gasteiger partial charge in [0, 0.05) is 5.56 Å². The van der Waals surface area contributed by atoms with Crippen LogP contribution in [0.2, 0.25) is 0 Å². The van der Waals surface area contributed by atoms with Gasteiger partial charge in [0.25, 0.3) is 0 Å². The highest BCUT2D eigenvalue weighted by Crippen LogP contribution is 2.28. The highest BCUT2D eigenvalue weighted by atomic mass is 32.1. The van der Waals surface area contributed by atoms with Gasteiger partial charge in [0.05, 0.1) is 17.2 Å². The monoisotopic (exact) mass is 233 g/mol. The number of aliphatic hydroxyl groups is 1. The Morgan fingerprint density at radius 2 is 2.00 bits per heavy atom. The van der Waals surface area contributed by atoms with Gasteiger partial charge in [-0.05, 0) is 6.42 Å². The van der Waals surface area contributed by atoms with Gasteiger partial charge >= 0.3 is 0 Å². The zero-order valence-electron chi connectivity index (χ0n) is 9.31. The maximum Gasteiger partial charge on any atom is 0.123 e. The lowest BCUT2D eigenvalue weighted by Crippen LogP contribution is -1.89. The zero-order chi connectivity index (χ0) is 11.4. The molecule has 3 heteroatoms. The van der Waals surface area contributed by atoms with Crippen LogP contribution in [-0.2, 0) is 13.0 Å². The lowest BCUT2D eigenvalue weighted by atomic mass is 10.2. The molecule has 0 aliphatic carbocycles. The Morgan fingerprint density at radius 3 is 2.62 bits per heavy atom. The molecule has 0 saturated carbocycles. The summed E-state index contributed by atoms with van der Waals surface area (Å²) in [5.41, 5.74) is 2.18. The second-order valence-electron chi connectivity index (χ2n) is 3.66. The van der Waals surface area contributed by atoms with Crippen molar-refractivity contribution in [2.45, 2.75) is 26.4 Å². The van der Waals surface area contributed by atoms with Crippen LogP contribution in [0.1, 0.15) is 23.9 Å². The van der Waals surface area contributed by atoms with Gasteiger partial charge in [-0.3, -0.25) is 0 Å². The quantitative estimate of drug-likeness (QED) is 0.879. The number of nitrogens with zero attached hydrogens (tertiary/aromatic N) is 1. The molecule has 0 aliphatic rings. The van der Waals surface area contributed by atoms with Gasteiger partial charge in [-0.1, -0.05) is 43.7 Å². The van der Waals surface area contributed by atoms with Crippen molar-refractivity contribution in [1.82, 2.24) is 4.98 Å². The van der Waals surface area contributed by atoms with Crippen molar-refractivity contribution >= 4 is 11.3 Å². The summed E-state index contributed by atoms with van der Waals surface area (Å²) in [6.45, 7) is 2.22. The van der Waals surface area contributed by atoms with Crippen molar-refractivity contribution in [1.29, 1.82) is 0 Å². The number of aryl methyl sites for hydroxylation is 1. The van der Waals surface area contributed by atoms with Gasteiger partial charge < -0.3 is 5.11 Å². The lowest BCUT2D eigenvalue weighted by molar-refractivity contribution is 0.284. The molecule has 1 heterocycles. The molecule has 0 amide bonds. The Bertz CT molecular complexity index is 450. The van der Waals surface area contributed by atoms with Gasteiger partial charge in [0.1, 0.15) is 5.01 Å². The van der Waals surface area contributed by atoms with Crippen LogP contribution >= 0.6 is 11.3 Å². The first-order chi connectivity index (χ1) is 7.85. The minimum atomic E-state index is 0.0971. The predicted molar refractivity (Wildman–Crippen MR) is 67.5 cm³/mol. The molecule has 0 fully saturated rings. The Morgan fingerprint density at radius 1 is 1.25 bits per heavy atom. The van der Waals surface area contributed by atoms with E-state index in [1.807, 2.05) is 18.2 Å². The summed E-state index contributed by atoms with van der Waals surface area (Å²) >= 11 is 1.59. The van der Waals surface area contributed by atoms with Gasteiger partial charge in [-0.15, -0.1) is 11.3 Å². The lowest BCUT2D eigenvalue weighted by Gasteiger charge is -1.94. The van der Waals surface area contributed by atoms with Crippen molar-refractivity contribution in [3.63, 3.8) is 0 Å². The number of hydrogen-bond donors (Lipinski definition) is 1. The van der Waals surface area contributed by atoms with E-state index in [4.69, 9.17) is 0 Å². The van der Waals surface area contributed by atoms with E-state index in [0.29, 0.717) is 0 Å². The maximum absolute atomic E-state index is 9.28. The third-order valence-electron chi connectivity index (χ3n) is 2.43. The Hall–Kier alpha value is -1.19. The van der Waals surface area contributed by atoms with E-state index in [-0.39, 0.29) is 6.61 Å². The largest absolute Gasteiger partial charge is 0.391 e. The molecule has 16 heavy (non-hydrogen) atoms. The zero-order valence-corrected chi connectivity index (χ0v) is 10.1. The molecule has 1 aromatic carbocycles. The van der Waals surface area contributed by atoms with Gasteiger partial charge in [0.15, 0.2) is 0 Å². The van der Waals surface area contributed by atoms with E-state index >= 15 is 0 Å². The third kappa shape index (κ3) is 2.31. The van der Waals surface area contributed by atoms with E-state index in [0.717, 1.165) is 34.0 Å². The van der Waals surface area contributed by atoms with E-state index in [9.17, 15) is 5.11 Å². The predicted octanol–water partition coefficient (Wildman–Crippen LogP) is 3.25. The number of aliphatic hydroxyl groups excluding tert-OH is 1. The Balaban J connectivity index is 2.36. The van der Waals surface area contributed by atoms with Crippen LogP contribution in [0.4, 0.5) is 0 Å². The normalized spacial score (nSPS) is 10.6. The average Bonchev–Trinajstić information content (AvgIpc) is 2.74. The molecule has 0 aliphatic heterocycles. The molecule has 2 rings (SSSR count). The number of aromatic nitrogens is 1. The Labute approximate surface area is 99.6 Å². The molecular formula is C13H15NOS. The highest BCUT2D eigenvalue weighted by Gasteiger charge is 2.10. The molecule has 2 aromatic rings. The van der Waals surface area contributed by atoms with Gasteiger partial charge in [-0.2, -0.15) is 0 Å². The molecule has 1 N–H and O–H groups in total. The minimum absolute atomic E-state index is 0.0971. The molecule has 0 saturated heterocycles.